The van der Waals surface area contributed by atoms with Crippen LogP contribution in [0, 0.1) is 11.3 Å². The van der Waals surface area contributed by atoms with Crippen LogP contribution in [0.25, 0.3) is 27.8 Å². The van der Waals surface area contributed by atoms with Gasteiger partial charge in [-0.1, -0.05) is 15.9 Å². The maximum atomic E-state index is 12.5. The van der Waals surface area contributed by atoms with Gasteiger partial charge in [-0.3, -0.25) is 0 Å². The van der Waals surface area contributed by atoms with Crippen LogP contribution in [-0.4, -0.2) is 17.6 Å². The SMILES string of the molecule is CCOC(=O)c1ccc(N/C=C(\C#N)c2nc(-c3cc4cc(Br)ccc4oc3=O)cs2)cc1. The Balaban J connectivity index is 1.57. The quantitative estimate of drug-likeness (QED) is 0.193. The van der Waals surface area contributed by atoms with Crippen LogP contribution in [0.2, 0.25) is 0 Å². The summed E-state index contributed by atoms with van der Waals surface area (Å²) >= 11 is 4.66. The maximum Gasteiger partial charge on any atom is 0.345 e. The topological polar surface area (TPSA) is 105 Å². The van der Waals surface area contributed by atoms with Crippen LogP contribution in [0.4, 0.5) is 5.69 Å². The number of thiazole rings is 1. The number of aromatic nitrogens is 1. The number of benzene rings is 2. The highest BCUT2D eigenvalue weighted by atomic mass is 79.9. The molecule has 2 heterocycles. The molecule has 0 fully saturated rings. The van der Waals surface area contributed by atoms with Gasteiger partial charge in [0.15, 0.2) is 0 Å². The molecule has 0 atom stereocenters. The highest BCUT2D eigenvalue weighted by molar-refractivity contribution is 9.10. The van der Waals surface area contributed by atoms with Crippen molar-refractivity contribution in [3.05, 3.63) is 85.6 Å². The Morgan fingerprint density at radius 2 is 2.06 bits per heavy atom. The number of esters is 1. The molecule has 0 radical (unpaired) electrons. The Kier molecular flexibility index (Phi) is 6.68. The molecule has 0 saturated heterocycles. The molecule has 0 aliphatic carbocycles. The third kappa shape index (κ3) is 5.03. The van der Waals surface area contributed by atoms with E-state index >= 15 is 0 Å². The number of allylic oxidation sites excluding steroid dienone is 1. The number of nitriles is 1. The second-order valence-corrected chi connectivity index (χ2v) is 8.55. The lowest BCUT2D eigenvalue weighted by Crippen LogP contribution is -2.04. The summed E-state index contributed by atoms with van der Waals surface area (Å²) in [6.07, 6.45) is 1.53. The first-order valence-electron chi connectivity index (χ1n) is 9.82. The molecule has 0 aliphatic heterocycles. The summed E-state index contributed by atoms with van der Waals surface area (Å²) in [5.41, 5.74) is 2.18. The number of nitrogens with zero attached hydrogens (tertiary/aromatic N) is 2. The van der Waals surface area contributed by atoms with E-state index in [1.165, 1.54) is 17.5 Å². The molecule has 2 aromatic heterocycles. The number of anilines is 1. The van der Waals surface area contributed by atoms with E-state index in [2.05, 4.69) is 32.3 Å². The molecule has 0 spiro atoms. The Labute approximate surface area is 201 Å². The number of nitrogens with one attached hydrogen (secondary N) is 1. The van der Waals surface area contributed by atoms with E-state index in [-0.39, 0.29) is 0 Å². The number of carbonyl (C=O) groups excluding carboxylic acids is 1. The minimum absolute atomic E-state index is 0.300. The summed E-state index contributed by atoms with van der Waals surface area (Å²) in [6, 6.07) is 15.9. The van der Waals surface area contributed by atoms with E-state index in [1.54, 1.807) is 54.8 Å². The molecule has 4 rings (SSSR count). The van der Waals surface area contributed by atoms with Gasteiger partial charge >= 0.3 is 11.6 Å². The third-order valence-corrected chi connectivity index (χ3v) is 5.97. The Bertz CT molecular complexity index is 1470. The molecule has 2 aromatic carbocycles. The molecule has 1 N–H and O–H groups in total. The van der Waals surface area contributed by atoms with Gasteiger partial charge in [0, 0.05) is 27.1 Å². The van der Waals surface area contributed by atoms with Gasteiger partial charge in [0.1, 0.15) is 22.2 Å². The molecule has 0 unspecified atom stereocenters. The van der Waals surface area contributed by atoms with Gasteiger partial charge < -0.3 is 14.5 Å². The molecule has 0 aliphatic rings. The van der Waals surface area contributed by atoms with E-state index in [9.17, 15) is 14.9 Å². The summed E-state index contributed by atoms with van der Waals surface area (Å²) in [6.45, 7) is 2.05. The number of hydrogen-bond donors (Lipinski definition) is 1. The zero-order valence-electron chi connectivity index (χ0n) is 17.3. The summed E-state index contributed by atoms with van der Waals surface area (Å²) in [5, 5.41) is 15.6. The summed E-state index contributed by atoms with van der Waals surface area (Å²) in [5.74, 6) is -0.391. The van der Waals surface area contributed by atoms with Crippen molar-refractivity contribution in [1.29, 1.82) is 5.26 Å². The average molecular weight is 522 g/mol. The largest absolute Gasteiger partial charge is 0.462 e. The van der Waals surface area contributed by atoms with Crippen molar-refractivity contribution in [2.45, 2.75) is 6.92 Å². The van der Waals surface area contributed by atoms with Gasteiger partial charge in [0.05, 0.1) is 23.4 Å². The van der Waals surface area contributed by atoms with Crippen LogP contribution >= 0.6 is 27.3 Å². The van der Waals surface area contributed by atoms with Gasteiger partial charge in [-0.05, 0) is 55.5 Å². The lowest BCUT2D eigenvalue weighted by molar-refractivity contribution is 0.0526. The minimum atomic E-state index is -0.496. The smallest absolute Gasteiger partial charge is 0.345 e. The molecular weight excluding hydrogens is 506 g/mol. The zero-order valence-corrected chi connectivity index (χ0v) is 19.7. The van der Waals surface area contributed by atoms with Crippen LogP contribution in [0.15, 0.2) is 73.8 Å². The monoisotopic (exact) mass is 521 g/mol. The van der Waals surface area contributed by atoms with Crippen LogP contribution in [-0.2, 0) is 4.74 Å². The molecule has 0 bridgehead atoms. The van der Waals surface area contributed by atoms with Crippen LogP contribution in [0.3, 0.4) is 0 Å². The van der Waals surface area contributed by atoms with Crippen molar-refractivity contribution < 1.29 is 13.9 Å². The molecule has 0 saturated carbocycles. The number of ether oxygens (including phenoxy) is 1. The normalized spacial score (nSPS) is 11.2. The Morgan fingerprint density at radius 3 is 2.79 bits per heavy atom. The van der Waals surface area contributed by atoms with Gasteiger partial charge in [-0.2, -0.15) is 5.26 Å². The minimum Gasteiger partial charge on any atom is -0.462 e. The summed E-state index contributed by atoms with van der Waals surface area (Å²) in [4.78, 5) is 28.7. The van der Waals surface area contributed by atoms with E-state index in [1.807, 2.05) is 6.07 Å². The van der Waals surface area contributed by atoms with Crippen molar-refractivity contribution in [2.24, 2.45) is 0 Å². The van der Waals surface area contributed by atoms with E-state index in [0.717, 1.165) is 9.86 Å². The Hall–Kier alpha value is -3.74. The summed E-state index contributed by atoms with van der Waals surface area (Å²) in [7, 11) is 0. The first kappa shape index (κ1) is 22.5. The molecule has 0 amide bonds. The average Bonchev–Trinajstić information content (AvgIpc) is 3.29. The van der Waals surface area contributed by atoms with Crippen molar-refractivity contribution in [2.75, 3.05) is 11.9 Å². The fraction of sp³-hybridized carbons (Fsp3) is 0.0833. The van der Waals surface area contributed by atoms with Crippen LogP contribution < -0.4 is 10.9 Å². The predicted molar refractivity (Wildman–Crippen MR) is 131 cm³/mol. The van der Waals surface area contributed by atoms with Crippen molar-refractivity contribution in [3.63, 3.8) is 0 Å². The fourth-order valence-corrected chi connectivity index (χ4v) is 4.17. The highest BCUT2D eigenvalue weighted by Crippen LogP contribution is 2.27. The van der Waals surface area contributed by atoms with E-state index in [0.29, 0.717) is 45.3 Å². The second kappa shape index (κ2) is 9.81. The standard InChI is InChI=1S/C24H16BrN3O4S/c1-2-31-23(29)14-3-6-18(7-4-14)27-12-16(11-26)22-28-20(13-33-22)19-10-15-9-17(25)5-8-21(15)32-24(19)30/h3-10,12-13,27H,2H2,1H3/b16-12+. The summed E-state index contributed by atoms with van der Waals surface area (Å²) < 4.78 is 11.2. The first-order chi connectivity index (χ1) is 16.0. The Morgan fingerprint density at radius 1 is 1.27 bits per heavy atom. The maximum absolute atomic E-state index is 12.5. The van der Waals surface area contributed by atoms with Gasteiger partial charge in [0.2, 0.25) is 0 Å². The zero-order chi connectivity index (χ0) is 23.4. The molecular formula is C24H16BrN3O4S. The second-order valence-electron chi connectivity index (χ2n) is 6.78. The fourth-order valence-electron chi connectivity index (χ4n) is 3.01. The number of halogens is 1. The van der Waals surface area contributed by atoms with Gasteiger partial charge in [-0.15, -0.1) is 11.3 Å². The van der Waals surface area contributed by atoms with Gasteiger partial charge in [-0.25, -0.2) is 14.6 Å². The van der Waals surface area contributed by atoms with E-state index < -0.39 is 11.6 Å². The van der Waals surface area contributed by atoms with Crippen LogP contribution in [0.5, 0.6) is 0 Å². The first-order valence-corrected chi connectivity index (χ1v) is 11.5. The van der Waals surface area contributed by atoms with Gasteiger partial charge in [0.25, 0.3) is 0 Å². The lowest BCUT2D eigenvalue weighted by atomic mass is 10.1. The lowest BCUT2D eigenvalue weighted by Gasteiger charge is -2.04. The predicted octanol–water partition coefficient (Wildman–Crippen LogP) is 5.83. The van der Waals surface area contributed by atoms with Crippen molar-refractivity contribution in [1.82, 2.24) is 4.98 Å². The number of hydrogen-bond acceptors (Lipinski definition) is 8. The van der Waals surface area contributed by atoms with Crippen molar-refractivity contribution in [3.8, 4) is 17.3 Å². The number of rotatable bonds is 6. The molecule has 9 heteroatoms. The molecule has 7 nitrogen and oxygen atoms in total. The van der Waals surface area contributed by atoms with Crippen molar-refractivity contribution >= 4 is 55.5 Å². The highest BCUT2D eigenvalue weighted by Gasteiger charge is 2.14. The molecule has 164 valence electrons. The van der Waals surface area contributed by atoms with Crippen LogP contribution in [0.1, 0.15) is 22.3 Å². The molecule has 33 heavy (non-hydrogen) atoms. The third-order valence-electron chi connectivity index (χ3n) is 4.60. The molecule has 4 aromatic rings. The van der Waals surface area contributed by atoms with E-state index in [4.69, 9.17) is 9.15 Å². The number of fused-ring (bicyclic) bond motifs is 1. The number of carbonyl (C=O) groups is 1.